The fourth-order valence-corrected chi connectivity index (χ4v) is 4.29. The highest BCUT2D eigenvalue weighted by Crippen LogP contribution is 2.25. The molecule has 146 valence electrons. The Balaban J connectivity index is 1.94. The van der Waals surface area contributed by atoms with Gasteiger partial charge in [0.05, 0.1) is 17.8 Å². The monoisotopic (exact) mass is 368 g/mol. The van der Waals surface area contributed by atoms with Crippen molar-refractivity contribution in [2.75, 3.05) is 13.1 Å². The van der Waals surface area contributed by atoms with E-state index in [1.165, 1.54) is 0 Å². The van der Waals surface area contributed by atoms with E-state index in [1.807, 2.05) is 18.2 Å². The highest BCUT2D eigenvalue weighted by molar-refractivity contribution is 5.96. The van der Waals surface area contributed by atoms with Crippen LogP contribution in [0.3, 0.4) is 0 Å². The number of amides is 1. The van der Waals surface area contributed by atoms with E-state index in [1.54, 1.807) is 6.20 Å². The van der Waals surface area contributed by atoms with Crippen molar-refractivity contribution in [2.45, 2.75) is 65.6 Å². The summed E-state index contributed by atoms with van der Waals surface area (Å²) in [7, 11) is 0. The average Bonchev–Trinajstić information content (AvgIpc) is 2.82. The molecule has 3 rings (SSSR count). The lowest BCUT2D eigenvalue weighted by Gasteiger charge is -2.31. The molecule has 0 saturated carbocycles. The minimum Gasteiger partial charge on any atom is -0.346 e. The molecular weight excluding hydrogens is 336 g/mol. The largest absolute Gasteiger partial charge is 0.346 e. The molecule has 5 nitrogen and oxygen atoms in total. The van der Waals surface area contributed by atoms with Gasteiger partial charge >= 0.3 is 0 Å². The topological polar surface area (TPSA) is 50.2 Å². The first-order valence-corrected chi connectivity index (χ1v) is 10.1. The second kappa shape index (κ2) is 8.70. The lowest BCUT2D eigenvalue weighted by Crippen LogP contribution is -2.40. The Hall–Kier alpha value is -2.14. The Morgan fingerprint density at radius 3 is 2.78 bits per heavy atom. The Morgan fingerprint density at radius 1 is 1.30 bits per heavy atom. The van der Waals surface area contributed by atoms with Crippen molar-refractivity contribution >= 4 is 5.91 Å². The molecule has 1 unspecified atom stereocenters. The maximum absolute atomic E-state index is 13.6. The zero-order valence-corrected chi connectivity index (χ0v) is 17.0. The first-order chi connectivity index (χ1) is 13.0. The highest BCUT2D eigenvalue weighted by atomic mass is 16.2. The van der Waals surface area contributed by atoms with Gasteiger partial charge in [-0.1, -0.05) is 6.07 Å². The molecule has 2 aromatic rings. The van der Waals surface area contributed by atoms with Crippen LogP contribution >= 0.6 is 0 Å². The van der Waals surface area contributed by atoms with E-state index in [2.05, 4.69) is 53.5 Å². The summed E-state index contributed by atoms with van der Waals surface area (Å²) < 4.78 is 2.25. The van der Waals surface area contributed by atoms with Gasteiger partial charge in [-0.05, 0) is 78.2 Å². The smallest absolute Gasteiger partial charge is 0.256 e. The van der Waals surface area contributed by atoms with Gasteiger partial charge in [0.1, 0.15) is 0 Å². The summed E-state index contributed by atoms with van der Waals surface area (Å²) in [6.07, 6.45) is 4.93. The summed E-state index contributed by atoms with van der Waals surface area (Å²) in [4.78, 5) is 20.2. The number of carbonyl (C=O) groups is 1. The third-order valence-corrected chi connectivity index (χ3v) is 5.54. The summed E-state index contributed by atoms with van der Waals surface area (Å²) in [5.41, 5.74) is 3.98. The zero-order valence-electron chi connectivity index (χ0n) is 17.0. The van der Waals surface area contributed by atoms with Gasteiger partial charge in [-0.3, -0.25) is 9.78 Å². The molecule has 0 bridgehead atoms. The average molecular weight is 369 g/mol. The Labute approximate surface area is 162 Å². The van der Waals surface area contributed by atoms with Crippen LogP contribution in [-0.4, -0.2) is 39.5 Å². The molecule has 1 N–H and O–H groups in total. The molecule has 27 heavy (non-hydrogen) atoms. The van der Waals surface area contributed by atoms with Crippen molar-refractivity contribution in [3.63, 3.8) is 0 Å². The quantitative estimate of drug-likeness (QED) is 0.872. The minimum atomic E-state index is 0.132. The van der Waals surface area contributed by atoms with Gasteiger partial charge in [-0.2, -0.15) is 0 Å². The van der Waals surface area contributed by atoms with Crippen molar-refractivity contribution in [3.8, 4) is 0 Å². The Morgan fingerprint density at radius 2 is 2.11 bits per heavy atom. The molecule has 1 saturated heterocycles. The van der Waals surface area contributed by atoms with Crippen LogP contribution in [0.5, 0.6) is 0 Å². The number of hydrogen-bond donors (Lipinski definition) is 1. The maximum Gasteiger partial charge on any atom is 0.256 e. The number of nitrogens with one attached hydrogen (secondary N) is 1. The van der Waals surface area contributed by atoms with E-state index in [0.717, 1.165) is 55.0 Å². The van der Waals surface area contributed by atoms with Crippen LogP contribution in [-0.2, 0) is 6.54 Å². The van der Waals surface area contributed by atoms with E-state index in [9.17, 15) is 4.79 Å². The fourth-order valence-electron chi connectivity index (χ4n) is 4.29. The van der Waals surface area contributed by atoms with Gasteiger partial charge in [-0.15, -0.1) is 0 Å². The summed E-state index contributed by atoms with van der Waals surface area (Å²) >= 11 is 0. The lowest BCUT2D eigenvalue weighted by atomic mass is 10.0. The van der Waals surface area contributed by atoms with Gasteiger partial charge in [-0.25, -0.2) is 0 Å². The van der Waals surface area contributed by atoms with Crippen LogP contribution < -0.4 is 5.32 Å². The Kier molecular flexibility index (Phi) is 6.32. The molecule has 0 spiro atoms. The van der Waals surface area contributed by atoms with Crippen molar-refractivity contribution in [1.82, 2.24) is 19.8 Å². The van der Waals surface area contributed by atoms with Gasteiger partial charge in [0.25, 0.3) is 5.91 Å². The third kappa shape index (κ3) is 4.41. The van der Waals surface area contributed by atoms with E-state index in [-0.39, 0.29) is 11.9 Å². The van der Waals surface area contributed by atoms with Gasteiger partial charge in [0, 0.05) is 29.7 Å². The van der Waals surface area contributed by atoms with Gasteiger partial charge in [0.2, 0.25) is 0 Å². The second-order valence-electron chi connectivity index (χ2n) is 7.84. The van der Waals surface area contributed by atoms with E-state index in [0.29, 0.717) is 12.6 Å². The van der Waals surface area contributed by atoms with E-state index >= 15 is 0 Å². The maximum atomic E-state index is 13.6. The van der Waals surface area contributed by atoms with Gasteiger partial charge in [0.15, 0.2) is 0 Å². The van der Waals surface area contributed by atoms with Crippen LogP contribution in [0.1, 0.15) is 66.6 Å². The number of aryl methyl sites for hydroxylation is 1. The SMILES string of the molecule is Cc1cc(C(=O)N(Cc2ccccn2)C2CCCNCC2)c(C)n1C(C)C. The van der Waals surface area contributed by atoms with Crippen LogP contribution in [0.2, 0.25) is 0 Å². The highest BCUT2D eigenvalue weighted by Gasteiger charge is 2.28. The summed E-state index contributed by atoms with van der Waals surface area (Å²) in [5, 5.41) is 3.46. The Bertz CT molecular complexity index is 758. The normalized spacial score (nSPS) is 17.7. The van der Waals surface area contributed by atoms with Crippen LogP contribution in [0, 0.1) is 13.8 Å². The van der Waals surface area contributed by atoms with Crippen LogP contribution in [0.15, 0.2) is 30.5 Å². The standard InChI is InChI=1S/C22H32N4O/c1-16(2)26-17(3)14-21(18(26)4)22(27)25(15-19-8-5-6-12-24-19)20-9-7-11-23-13-10-20/h5-6,8,12,14,16,20,23H,7,9-11,13,15H2,1-4H3. The number of aromatic nitrogens is 2. The number of pyridine rings is 1. The van der Waals surface area contributed by atoms with E-state index < -0.39 is 0 Å². The zero-order chi connectivity index (χ0) is 19.4. The van der Waals surface area contributed by atoms with Crippen LogP contribution in [0.25, 0.3) is 0 Å². The van der Waals surface area contributed by atoms with Crippen molar-refractivity contribution < 1.29 is 4.79 Å². The van der Waals surface area contributed by atoms with Crippen LogP contribution in [0.4, 0.5) is 0 Å². The predicted molar refractivity (Wildman–Crippen MR) is 109 cm³/mol. The first kappa shape index (κ1) is 19.6. The molecule has 0 aliphatic carbocycles. The predicted octanol–water partition coefficient (Wildman–Crippen LogP) is 3.87. The number of rotatable bonds is 5. The molecule has 1 aliphatic rings. The molecule has 2 aromatic heterocycles. The number of nitrogens with zero attached hydrogens (tertiary/aromatic N) is 3. The van der Waals surface area contributed by atoms with Crippen molar-refractivity contribution in [1.29, 1.82) is 0 Å². The first-order valence-electron chi connectivity index (χ1n) is 10.1. The molecule has 1 aliphatic heterocycles. The number of hydrogen-bond acceptors (Lipinski definition) is 3. The second-order valence-corrected chi connectivity index (χ2v) is 7.84. The summed E-state index contributed by atoms with van der Waals surface area (Å²) in [6, 6.07) is 8.56. The molecular formula is C22H32N4O. The molecule has 0 aromatic carbocycles. The summed E-state index contributed by atoms with van der Waals surface area (Å²) in [6.45, 7) is 11.0. The summed E-state index contributed by atoms with van der Waals surface area (Å²) in [5.74, 6) is 0.132. The molecule has 1 fully saturated rings. The molecule has 5 heteroatoms. The number of carbonyl (C=O) groups excluding carboxylic acids is 1. The molecule has 1 atom stereocenters. The molecule has 3 heterocycles. The lowest BCUT2D eigenvalue weighted by molar-refractivity contribution is 0.0641. The van der Waals surface area contributed by atoms with Gasteiger partial charge < -0.3 is 14.8 Å². The minimum absolute atomic E-state index is 0.132. The van der Waals surface area contributed by atoms with Crippen molar-refractivity contribution in [2.24, 2.45) is 0 Å². The van der Waals surface area contributed by atoms with Crippen molar-refractivity contribution in [3.05, 3.63) is 53.1 Å². The molecule has 1 amide bonds. The van der Waals surface area contributed by atoms with E-state index in [4.69, 9.17) is 0 Å². The third-order valence-electron chi connectivity index (χ3n) is 5.54. The molecule has 0 radical (unpaired) electrons. The fraction of sp³-hybridized carbons (Fsp3) is 0.545.